The zero-order valence-corrected chi connectivity index (χ0v) is 11.3. The van der Waals surface area contributed by atoms with Crippen LogP contribution in [0.5, 0.6) is 5.75 Å². The number of hydrogen-bond donors (Lipinski definition) is 1. The second-order valence-electron chi connectivity index (χ2n) is 5.03. The fraction of sp³-hybridized carbons (Fsp3) is 0.400. The lowest BCUT2D eigenvalue weighted by molar-refractivity contribution is 0.147. The lowest BCUT2D eigenvalue weighted by Crippen LogP contribution is -2.05. The van der Waals surface area contributed by atoms with Gasteiger partial charge in [0.2, 0.25) is 0 Å². The highest BCUT2D eigenvalue weighted by atomic mass is 16.5. The standard InChI is InChI=1S/C15H18O4/c1-9(2)6-12(16)11-7-10-4-5-15(17)19-13(10)8-14(11)18-3/h4-5,7-9,12,16H,6H2,1-3H3. The minimum absolute atomic E-state index is 0.379. The summed E-state index contributed by atoms with van der Waals surface area (Å²) in [6.07, 6.45) is 0.0600. The molecule has 4 heteroatoms. The molecule has 0 aliphatic carbocycles. The third kappa shape index (κ3) is 2.96. The van der Waals surface area contributed by atoms with Crippen LogP contribution in [0.1, 0.15) is 31.9 Å². The van der Waals surface area contributed by atoms with Crippen molar-refractivity contribution >= 4 is 11.0 Å². The SMILES string of the molecule is COc1cc2oc(=O)ccc2cc1C(O)CC(C)C. The number of fused-ring (bicyclic) bond motifs is 1. The van der Waals surface area contributed by atoms with Crippen LogP contribution >= 0.6 is 0 Å². The van der Waals surface area contributed by atoms with Crippen LogP contribution in [0.3, 0.4) is 0 Å². The average Bonchev–Trinajstić information content (AvgIpc) is 2.36. The lowest BCUT2D eigenvalue weighted by Gasteiger charge is -2.17. The molecule has 1 aromatic carbocycles. The highest BCUT2D eigenvalue weighted by Crippen LogP contribution is 2.32. The first kappa shape index (κ1) is 13.6. The number of ether oxygens (including phenoxy) is 1. The van der Waals surface area contributed by atoms with E-state index in [1.807, 2.05) is 6.07 Å². The van der Waals surface area contributed by atoms with E-state index in [4.69, 9.17) is 9.15 Å². The van der Waals surface area contributed by atoms with Crippen LogP contribution in [-0.4, -0.2) is 12.2 Å². The van der Waals surface area contributed by atoms with E-state index >= 15 is 0 Å². The maximum Gasteiger partial charge on any atom is 0.336 e. The predicted molar refractivity (Wildman–Crippen MR) is 73.5 cm³/mol. The van der Waals surface area contributed by atoms with E-state index in [2.05, 4.69) is 13.8 Å². The molecule has 0 fully saturated rings. The second kappa shape index (κ2) is 5.45. The Labute approximate surface area is 111 Å². The average molecular weight is 262 g/mol. The van der Waals surface area contributed by atoms with Gasteiger partial charge in [0.05, 0.1) is 13.2 Å². The van der Waals surface area contributed by atoms with Crippen molar-refractivity contribution in [3.05, 3.63) is 40.2 Å². The van der Waals surface area contributed by atoms with Crippen molar-refractivity contribution in [3.63, 3.8) is 0 Å². The molecule has 0 spiro atoms. The maximum atomic E-state index is 11.2. The van der Waals surface area contributed by atoms with Crippen LogP contribution in [0.2, 0.25) is 0 Å². The summed E-state index contributed by atoms with van der Waals surface area (Å²) < 4.78 is 10.4. The van der Waals surface area contributed by atoms with Gasteiger partial charge >= 0.3 is 5.63 Å². The summed E-state index contributed by atoms with van der Waals surface area (Å²) in [6, 6.07) is 6.51. The Bertz CT molecular complexity index is 628. The Morgan fingerprint density at radius 3 is 2.68 bits per heavy atom. The zero-order chi connectivity index (χ0) is 14.0. The topological polar surface area (TPSA) is 59.7 Å². The van der Waals surface area contributed by atoms with Crippen LogP contribution < -0.4 is 10.4 Å². The van der Waals surface area contributed by atoms with Crippen molar-refractivity contribution in [3.8, 4) is 5.75 Å². The van der Waals surface area contributed by atoms with Crippen LogP contribution in [0.15, 0.2) is 33.5 Å². The molecule has 0 saturated carbocycles. The molecule has 2 rings (SSSR count). The van der Waals surface area contributed by atoms with Gasteiger partial charge in [-0.1, -0.05) is 13.8 Å². The van der Waals surface area contributed by atoms with Gasteiger partial charge in [0.1, 0.15) is 11.3 Å². The van der Waals surface area contributed by atoms with Crippen molar-refractivity contribution in [1.29, 1.82) is 0 Å². The molecule has 0 aliphatic rings. The van der Waals surface area contributed by atoms with Crippen molar-refractivity contribution in [2.75, 3.05) is 7.11 Å². The fourth-order valence-electron chi connectivity index (χ4n) is 2.13. The fourth-order valence-corrected chi connectivity index (χ4v) is 2.13. The van der Waals surface area contributed by atoms with E-state index in [9.17, 15) is 9.90 Å². The number of benzene rings is 1. The zero-order valence-electron chi connectivity index (χ0n) is 11.3. The van der Waals surface area contributed by atoms with Crippen molar-refractivity contribution in [2.45, 2.75) is 26.4 Å². The van der Waals surface area contributed by atoms with Crippen LogP contribution in [0.4, 0.5) is 0 Å². The Morgan fingerprint density at radius 1 is 1.32 bits per heavy atom. The van der Waals surface area contributed by atoms with E-state index < -0.39 is 11.7 Å². The molecule has 0 saturated heterocycles. The molecule has 1 heterocycles. The molecule has 0 aliphatic heterocycles. The summed E-state index contributed by atoms with van der Waals surface area (Å²) in [4.78, 5) is 11.2. The largest absolute Gasteiger partial charge is 0.496 e. The quantitative estimate of drug-likeness (QED) is 0.861. The van der Waals surface area contributed by atoms with E-state index in [1.54, 1.807) is 12.1 Å². The molecule has 19 heavy (non-hydrogen) atoms. The van der Waals surface area contributed by atoms with Crippen LogP contribution in [0, 0.1) is 5.92 Å². The van der Waals surface area contributed by atoms with Crippen LogP contribution in [0.25, 0.3) is 11.0 Å². The molecule has 1 atom stereocenters. The Kier molecular flexibility index (Phi) is 3.90. The highest BCUT2D eigenvalue weighted by Gasteiger charge is 2.16. The summed E-state index contributed by atoms with van der Waals surface area (Å²) in [5.74, 6) is 0.916. The molecule has 1 aromatic heterocycles. The number of methoxy groups -OCH3 is 1. The Hall–Kier alpha value is -1.81. The third-order valence-electron chi connectivity index (χ3n) is 3.03. The van der Waals surface area contributed by atoms with Gasteiger partial charge in [-0.25, -0.2) is 4.79 Å². The Balaban J connectivity index is 2.53. The molecule has 0 bridgehead atoms. The normalized spacial score (nSPS) is 12.9. The van der Waals surface area contributed by atoms with Gasteiger partial charge in [-0.05, 0) is 24.5 Å². The summed E-state index contributed by atoms with van der Waals surface area (Å²) in [5.41, 5.74) is 0.785. The predicted octanol–water partition coefficient (Wildman–Crippen LogP) is 2.88. The number of aliphatic hydroxyl groups excluding tert-OH is 1. The van der Waals surface area contributed by atoms with Gasteiger partial charge in [0, 0.05) is 23.1 Å². The van der Waals surface area contributed by atoms with E-state index in [0.29, 0.717) is 23.7 Å². The number of aliphatic hydroxyl groups is 1. The van der Waals surface area contributed by atoms with E-state index in [-0.39, 0.29) is 0 Å². The van der Waals surface area contributed by atoms with Gasteiger partial charge in [0.15, 0.2) is 0 Å². The molecular formula is C15H18O4. The molecule has 1 unspecified atom stereocenters. The highest BCUT2D eigenvalue weighted by molar-refractivity contribution is 5.79. The molecule has 1 N–H and O–H groups in total. The van der Waals surface area contributed by atoms with Gasteiger partial charge in [-0.2, -0.15) is 0 Å². The van der Waals surface area contributed by atoms with Crippen molar-refractivity contribution in [2.24, 2.45) is 5.92 Å². The lowest BCUT2D eigenvalue weighted by atomic mass is 9.97. The molecule has 4 nitrogen and oxygen atoms in total. The molecular weight excluding hydrogens is 244 g/mol. The van der Waals surface area contributed by atoms with Gasteiger partial charge in [0.25, 0.3) is 0 Å². The minimum atomic E-state index is -0.591. The smallest absolute Gasteiger partial charge is 0.336 e. The maximum absolute atomic E-state index is 11.2. The number of hydrogen-bond acceptors (Lipinski definition) is 4. The monoisotopic (exact) mass is 262 g/mol. The summed E-state index contributed by atoms with van der Waals surface area (Å²) in [6.45, 7) is 4.10. The first-order chi connectivity index (χ1) is 9.01. The first-order valence-corrected chi connectivity index (χ1v) is 6.31. The molecule has 0 amide bonds. The van der Waals surface area contributed by atoms with Crippen molar-refractivity contribution in [1.82, 2.24) is 0 Å². The summed E-state index contributed by atoms with van der Waals surface area (Å²) >= 11 is 0. The first-order valence-electron chi connectivity index (χ1n) is 6.31. The van der Waals surface area contributed by atoms with E-state index in [1.165, 1.54) is 13.2 Å². The third-order valence-corrected chi connectivity index (χ3v) is 3.03. The van der Waals surface area contributed by atoms with E-state index in [0.717, 1.165) is 10.9 Å². The minimum Gasteiger partial charge on any atom is -0.496 e. The number of rotatable bonds is 4. The summed E-state index contributed by atoms with van der Waals surface area (Å²) in [7, 11) is 1.54. The van der Waals surface area contributed by atoms with Crippen LogP contribution in [-0.2, 0) is 0 Å². The van der Waals surface area contributed by atoms with Gasteiger partial charge in [-0.3, -0.25) is 0 Å². The molecule has 0 radical (unpaired) electrons. The summed E-state index contributed by atoms with van der Waals surface area (Å²) in [5, 5.41) is 11.0. The van der Waals surface area contributed by atoms with Gasteiger partial charge < -0.3 is 14.3 Å². The van der Waals surface area contributed by atoms with Gasteiger partial charge in [-0.15, -0.1) is 0 Å². The second-order valence-corrected chi connectivity index (χ2v) is 5.03. The van der Waals surface area contributed by atoms with Crippen molar-refractivity contribution < 1.29 is 14.3 Å². The molecule has 2 aromatic rings. The Morgan fingerprint density at radius 2 is 2.05 bits per heavy atom. The molecule has 102 valence electrons.